The first-order valence-corrected chi connectivity index (χ1v) is 21.7. The van der Waals surface area contributed by atoms with Gasteiger partial charge in [-0.05, 0) is 118 Å². The number of nitrogens with zero attached hydrogens (tertiary/aromatic N) is 2. The second-order valence-corrected chi connectivity index (χ2v) is 17.2. The molecule has 1 aliphatic rings. The number of thiophene rings is 1. The first-order chi connectivity index (χ1) is 29.7. The van der Waals surface area contributed by atoms with Crippen molar-refractivity contribution in [3.63, 3.8) is 0 Å². The molecule has 2 aromatic heterocycles. The summed E-state index contributed by atoms with van der Waals surface area (Å²) in [6.07, 6.45) is 1.05. The van der Waals surface area contributed by atoms with Crippen LogP contribution in [-0.4, -0.2) is 4.57 Å². The zero-order chi connectivity index (χ0) is 39.7. The lowest BCUT2D eigenvalue weighted by Gasteiger charge is -2.29. The van der Waals surface area contributed by atoms with E-state index in [0.29, 0.717) is 5.92 Å². The molecule has 11 aromatic rings. The molecule has 0 N–H and O–H groups in total. The lowest BCUT2D eigenvalue weighted by molar-refractivity contribution is 0.751. The van der Waals surface area contributed by atoms with Crippen LogP contribution in [0.5, 0.6) is 0 Å². The predicted octanol–water partition coefficient (Wildman–Crippen LogP) is 16.3. The van der Waals surface area contributed by atoms with E-state index >= 15 is 0 Å². The highest BCUT2D eigenvalue weighted by atomic mass is 32.1. The molecule has 12 rings (SSSR count). The Hall–Kier alpha value is -7.20. The number of hydrogen-bond donors (Lipinski definition) is 0. The van der Waals surface area contributed by atoms with Crippen molar-refractivity contribution >= 4 is 70.4 Å². The van der Waals surface area contributed by atoms with Crippen LogP contribution >= 0.6 is 11.3 Å². The minimum atomic E-state index is 0.428. The van der Waals surface area contributed by atoms with E-state index in [9.17, 15) is 0 Å². The largest absolute Gasteiger partial charge is 0.308 e. The smallest absolute Gasteiger partial charge is 0.0702 e. The van der Waals surface area contributed by atoms with E-state index in [0.717, 1.165) is 29.2 Å². The third kappa shape index (κ3) is 5.47. The van der Waals surface area contributed by atoms with Crippen LogP contribution in [-0.2, 0) is 6.42 Å². The standard InChI is InChI=1S/C57H40N2S/c1-37-36-40-14-2-3-15-43(40)48-21-12-19-44(56(37)48)38-28-32-41(33-29-38)58(42-34-30-39(31-35-42)45-20-13-27-55-57(45)49-18-6-11-26-54(49)60-55)52-24-9-10-25-53(52)59-50-22-7-4-16-46(50)47-17-5-8-23-51(47)59/h2-35,37H,36H2,1H3. The van der Waals surface area contributed by atoms with Gasteiger partial charge in [-0.25, -0.2) is 0 Å². The number of para-hydroxylation sites is 4. The van der Waals surface area contributed by atoms with E-state index in [1.165, 1.54) is 86.5 Å². The number of hydrogen-bond acceptors (Lipinski definition) is 2. The fraction of sp³-hybridized carbons (Fsp3) is 0.0526. The SMILES string of the molecule is CC1Cc2ccccc2-c2cccc(-c3ccc(N(c4ccc(-c5cccc6sc7ccccc7c56)cc4)c4ccccc4-n4c5ccccc5c5ccccc54)cc3)c21. The highest BCUT2D eigenvalue weighted by Crippen LogP contribution is 2.47. The molecule has 284 valence electrons. The van der Waals surface area contributed by atoms with Crippen LogP contribution in [0.1, 0.15) is 24.0 Å². The minimum absolute atomic E-state index is 0.428. The van der Waals surface area contributed by atoms with Crippen LogP contribution in [0.3, 0.4) is 0 Å². The topological polar surface area (TPSA) is 8.17 Å². The van der Waals surface area contributed by atoms with Gasteiger partial charge < -0.3 is 9.47 Å². The Kier molecular flexibility index (Phi) is 8.11. The maximum Gasteiger partial charge on any atom is 0.0702 e. The van der Waals surface area contributed by atoms with Crippen LogP contribution in [0.15, 0.2) is 206 Å². The summed E-state index contributed by atoms with van der Waals surface area (Å²) in [5.41, 5.74) is 17.5. The Balaban J connectivity index is 1.03. The summed E-state index contributed by atoms with van der Waals surface area (Å²) >= 11 is 1.87. The molecular weight excluding hydrogens is 745 g/mol. The number of aromatic nitrogens is 1. The summed E-state index contributed by atoms with van der Waals surface area (Å²) in [6, 6.07) is 76.1. The summed E-state index contributed by atoms with van der Waals surface area (Å²) < 4.78 is 5.08. The lowest BCUT2D eigenvalue weighted by Crippen LogP contribution is -2.13. The number of fused-ring (bicyclic) bond motifs is 9. The molecule has 0 fully saturated rings. The van der Waals surface area contributed by atoms with E-state index < -0.39 is 0 Å². The molecule has 0 saturated heterocycles. The van der Waals surface area contributed by atoms with Gasteiger partial charge in [0.2, 0.25) is 0 Å². The van der Waals surface area contributed by atoms with Gasteiger partial charge in [0.1, 0.15) is 0 Å². The first-order valence-electron chi connectivity index (χ1n) is 20.9. The van der Waals surface area contributed by atoms with Crippen LogP contribution in [0.25, 0.3) is 81.0 Å². The quantitative estimate of drug-likeness (QED) is 0.163. The summed E-state index contributed by atoms with van der Waals surface area (Å²) in [6.45, 7) is 2.38. The second-order valence-electron chi connectivity index (χ2n) is 16.1. The van der Waals surface area contributed by atoms with Crippen molar-refractivity contribution in [1.82, 2.24) is 4.57 Å². The van der Waals surface area contributed by atoms with Gasteiger partial charge in [0.15, 0.2) is 0 Å². The summed E-state index contributed by atoms with van der Waals surface area (Å²) in [5, 5.41) is 5.15. The van der Waals surface area contributed by atoms with Crippen molar-refractivity contribution in [2.75, 3.05) is 4.90 Å². The molecule has 2 heterocycles. The van der Waals surface area contributed by atoms with Crippen molar-refractivity contribution in [3.05, 3.63) is 217 Å². The molecule has 0 radical (unpaired) electrons. The van der Waals surface area contributed by atoms with Crippen molar-refractivity contribution in [2.45, 2.75) is 19.3 Å². The van der Waals surface area contributed by atoms with Crippen LogP contribution in [0, 0.1) is 0 Å². The molecular formula is C57H40N2S. The molecule has 0 spiro atoms. The van der Waals surface area contributed by atoms with Crippen LogP contribution in [0.2, 0.25) is 0 Å². The van der Waals surface area contributed by atoms with Gasteiger partial charge in [-0.3, -0.25) is 0 Å². The second kappa shape index (κ2) is 14.0. The van der Waals surface area contributed by atoms with Crippen LogP contribution < -0.4 is 4.90 Å². The van der Waals surface area contributed by atoms with Gasteiger partial charge in [-0.2, -0.15) is 0 Å². The van der Waals surface area contributed by atoms with Gasteiger partial charge >= 0.3 is 0 Å². The Morgan fingerprint density at radius 1 is 0.450 bits per heavy atom. The molecule has 60 heavy (non-hydrogen) atoms. The van der Waals surface area contributed by atoms with Crippen molar-refractivity contribution in [3.8, 4) is 39.1 Å². The zero-order valence-electron chi connectivity index (χ0n) is 33.2. The number of anilines is 3. The molecule has 1 atom stereocenters. The maximum atomic E-state index is 2.44. The van der Waals surface area contributed by atoms with E-state index in [2.05, 4.69) is 223 Å². The fourth-order valence-electron chi connectivity index (χ4n) is 10.0. The number of benzene rings is 9. The van der Waals surface area contributed by atoms with E-state index in [1.54, 1.807) is 0 Å². The third-order valence-corrected chi connectivity index (χ3v) is 13.8. The highest BCUT2D eigenvalue weighted by Gasteiger charge is 2.25. The normalized spacial score (nSPS) is 13.5. The van der Waals surface area contributed by atoms with Gasteiger partial charge in [0, 0.05) is 42.3 Å². The first kappa shape index (κ1) is 34.8. The molecule has 1 aliphatic carbocycles. The molecule has 0 saturated carbocycles. The molecule has 0 aliphatic heterocycles. The Morgan fingerprint density at radius 3 is 1.73 bits per heavy atom. The van der Waals surface area contributed by atoms with Crippen molar-refractivity contribution in [2.24, 2.45) is 0 Å². The zero-order valence-corrected chi connectivity index (χ0v) is 34.0. The van der Waals surface area contributed by atoms with Crippen molar-refractivity contribution in [1.29, 1.82) is 0 Å². The molecule has 0 amide bonds. The fourth-order valence-corrected chi connectivity index (χ4v) is 11.2. The highest BCUT2D eigenvalue weighted by molar-refractivity contribution is 7.25. The minimum Gasteiger partial charge on any atom is -0.308 e. The van der Waals surface area contributed by atoms with E-state index in [-0.39, 0.29) is 0 Å². The summed E-state index contributed by atoms with van der Waals surface area (Å²) in [4.78, 5) is 2.44. The van der Waals surface area contributed by atoms with Crippen LogP contribution in [0.4, 0.5) is 17.1 Å². The summed E-state index contributed by atoms with van der Waals surface area (Å²) in [7, 11) is 0. The molecule has 0 bridgehead atoms. The van der Waals surface area contributed by atoms with Gasteiger partial charge in [0.25, 0.3) is 0 Å². The van der Waals surface area contributed by atoms with Gasteiger partial charge in [0.05, 0.1) is 22.4 Å². The number of rotatable bonds is 6. The average molecular weight is 785 g/mol. The molecule has 3 heteroatoms. The average Bonchev–Trinajstić information content (AvgIpc) is 3.86. The Morgan fingerprint density at radius 2 is 0.983 bits per heavy atom. The monoisotopic (exact) mass is 784 g/mol. The maximum absolute atomic E-state index is 2.44. The molecule has 9 aromatic carbocycles. The van der Waals surface area contributed by atoms with E-state index in [1.807, 2.05) is 11.3 Å². The van der Waals surface area contributed by atoms with E-state index in [4.69, 9.17) is 0 Å². The summed E-state index contributed by atoms with van der Waals surface area (Å²) in [5.74, 6) is 0.428. The molecule has 2 nitrogen and oxygen atoms in total. The Bertz CT molecular complexity index is 3370. The predicted molar refractivity (Wildman–Crippen MR) is 257 cm³/mol. The third-order valence-electron chi connectivity index (χ3n) is 12.7. The lowest BCUT2D eigenvalue weighted by atomic mass is 9.76. The van der Waals surface area contributed by atoms with Gasteiger partial charge in [-0.1, -0.05) is 153 Å². The van der Waals surface area contributed by atoms with Crippen molar-refractivity contribution < 1.29 is 0 Å². The Labute approximate surface area is 353 Å². The van der Waals surface area contributed by atoms with Gasteiger partial charge in [-0.15, -0.1) is 11.3 Å². The molecule has 1 unspecified atom stereocenters.